The van der Waals surface area contributed by atoms with E-state index >= 15 is 0 Å². The van der Waals surface area contributed by atoms with Crippen molar-refractivity contribution < 1.29 is 4.74 Å². The van der Waals surface area contributed by atoms with Crippen LogP contribution < -0.4 is 4.74 Å². The molecule has 0 fully saturated rings. The van der Waals surface area contributed by atoms with Gasteiger partial charge in [0, 0.05) is 12.4 Å². The average Bonchev–Trinajstić information content (AvgIpc) is 2.82. The Labute approximate surface area is 119 Å². The number of benzene rings is 1. The highest BCUT2D eigenvalue weighted by Gasteiger charge is 2.16. The van der Waals surface area contributed by atoms with E-state index < -0.39 is 0 Å². The first-order valence-electron chi connectivity index (χ1n) is 6.15. The van der Waals surface area contributed by atoms with Crippen molar-refractivity contribution in [3.05, 3.63) is 59.4 Å². The topological polar surface area (TPSA) is 22.1 Å². The highest BCUT2D eigenvalue weighted by Crippen LogP contribution is 2.35. The minimum absolute atomic E-state index is 0. The Balaban J connectivity index is 0.00000133. The number of aryl methyl sites for hydroxylation is 1. The fourth-order valence-electron chi connectivity index (χ4n) is 2.41. The fraction of sp³-hybridized carbons (Fsp3) is 0.188. The van der Waals surface area contributed by atoms with Crippen LogP contribution in [0.4, 0.5) is 0 Å². The van der Waals surface area contributed by atoms with Gasteiger partial charge in [-0.05, 0) is 59.4 Å². The van der Waals surface area contributed by atoms with Crippen LogP contribution in [0.5, 0.6) is 5.75 Å². The van der Waals surface area contributed by atoms with Crippen molar-refractivity contribution in [2.75, 3.05) is 7.11 Å². The van der Waals surface area contributed by atoms with Gasteiger partial charge in [-0.3, -0.25) is 4.98 Å². The fourth-order valence-corrected chi connectivity index (χ4v) is 2.41. The maximum absolute atomic E-state index is 5.30. The molecule has 0 aliphatic heterocycles. The molecule has 1 aliphatic carbocycles. The summed E-state index contributed by atoms with van der Waals surface area (Å²) in [6.07, 6.45) is 8.12. The third-order valence-corrected chi connectivity index (χ3v) is 3.37. The molecule has 0 saturated heterocycles. The Morgan fingerprint density at radius 3 is 2.63 bits per heavy atom. The summed E-state index contributed by atoms with van der Waals surface area (Å²) in [6, 6.07) is 10.4. The predicted octanol–water partition coefficient (Wildman–Crippen LogP) is 4.00. The molecule has 0 N–H and O–H groups in total. The first-order valence-corrected chi connectivity index (χ1v) is 6.15. The summed E-state index contributed by atoms with van der Waals surface area (Å²) in [5.41, 5.74) is 5.33. The van der Waals surface area contributed by atoms with Crippen LogP contribution in [-0.2, 0) is 6.42 Å². The second-order valence-electron chi connectivity index (χ2n) is 4.47. The number of rotatable bonds is 2. The molecular weight excluding hydrogens is 258 g/mol. The number of halogens is 1. The lowest BCUT2D eigenvalue weighted by Crippen LogP contribution is -1.86. The largest absolute Gasteiger partial charge is 0.497 e. The molecule has 1 aromatic carbocycles. The van der Waals surface area contributed by atoms with E-state index in [4.69, 9.17) is 4.74 Å². The third-order valence-electron chi connectivity index (χ3n) is 3.37. The molecule has 0 spiro atoms. The Hall–Kier alpha value is -1.80. The monoisotopic (exact) mass is 273 g/mol. The summed E-state index contributed by atoms with van der Waals surface area (Å²) in [6.45, 7) is 0. The van der Waals surface area contributed by atoms with Crippen LogP contribution in [0.25, 0.3) is 11.6 Å². The third kappa shape index (κ3) is 2.79. The summed E-state index contributed by atoms with van der Waals surface area (Å²) in [5, 5.41) is 0. The molecule has 0 saturated carbocycles. The zero-order valence-electron chi connectivity index (χ0n) is 10.8. The zero-order chi connectivity index (χ0) is 12.4. The van der Waals surface area contributed by atoms with Gasteiger partial charge in [0.1, 0.15) is 5.75 Å². The van der Waals surface area contributed by atoms with E-state index in [9.17, 15) is 0 Å². The van der Waals surface area contributed by atoms with Crippen LogP contribution >= 0.6 is 12.4 Å². The molecule has 3 heteroatoms. The molecule has 19 heavy (non-hydrogen) atoms. The van der Waals surface area contributed by atoms with Crippen molar-refractivity contribution in [1.82, 2.24) is 4.98 Å². The number of allylic oxidation sites excluding steroid dienone is 1. The van der Waals surface area contributed by atoms with E-state index in [-0.39, 0.29) is 12.4 Å². The molecule has 2 nitrogen and oxygen atoms in total. The van der Waals surface area contributed by atoms with E-state index in [1.165, 1.54) is 22.3 Å². The smallest absolute Gasteiger partial charge is 0.119 e. The van der Waals surface area contributed by atoms with Crippen LogP contribution in [-0.4, -0.2) is 12.1 Å². The van der Waals surface area contributed by atoms with Gasteiger partial charge in [0.15, 0.2) is 0 Å². The van der Waals surface area contributed by atoms with Gasteiger partial charge < -0.3 is 4.74 Å². The summed E-state index contributed by atoms with van der Waals surface area (Å²) in [4.78, 5) is 4.04. The first kappa shape index (κ1) is 13.6. The van der Waals surface area contributed by atoms with Crippen molar-refractivity contribution >= 4 is 24.1 Å². The van der Waals surface area contributed by atoms with Gasteiger partial charge in [0.05, 0.1) is 7.11 Å². The van der Waals surface area contributed by atoms with Crippen LogP contribution in [0, 0.1) is 0 Å². The summed E-state index contributed by atoms with van der Waals surface area (Å²) in [7, 11) is 1.71. The van der Waals surface area contributed by atoms with Crippen LogP contribution in [0.1, 0.15) is 23.1 Å². The van der Waals surface area contributed by atoms with Gasteiger partial charge in [-0.25, -0.2) is 0 Å². The average molecular weight is 274 g/mol. The van der Waals surface area contributed by atoms with Crippen molar-refractivity contribution in [3.8, 4) is 5.75 Å². The lowest BCUT2D eigenvalue weighted by Gasteiger charge is -2.05. The molecule has 0 bridgehead atoms. The second kappa shape index (κ2) is 5.89. The normalized spacial score (nSPS) is 14.9. The Bertz CT molecular complexity index is 593. The van der Waals surface area contributed by atoms with E-state index in [0.717, 1.165) is 18.6 Å². The van der Waals surface area contributed by atoms with Gasteiger partial charge in [-0.15, -0.1) is 12.4 Å². The molecule has 0 amide bonds. The lowest BCUT2D eigenvalue weighted by molar-refractivity contribution is 0.414. The number of pyridine rings is 1. The molecule has 0 radical (unpaired) electrons. The van der Waals surface area contributed by atoms with Gasteiger partial charge in [-0.1, -0.05) is 12.1 Å². The van der Waals surface area contributed by atoms with Crippen LogP contribution in [0.3, 0.4) is 0 Å². The molecule has 1 aromatic heterocycles. The minimum atomic E-state index is 0. The number of fused-ring (bicyclic) bond motifs is 1. The SMILES string of the molecule is COc1ccc2c(c1)/C(=C/c1ccncc1)CC2.Cl. The summed E-state index contributed by atoms with van der Waals surface area (Å²) in [5.74, 6) is 0.927. The lowest BCUT2D eigenvalue weighted by atomic mass is 10.0. The molecular formula is C16H16ClNO. The molecule has 0 unspecified atom stereocenters. The van der Waals surface area contributed by atoms with Crippen LogP contribution in [0.15, 0.2) is 42.7 Å². The van der Waals surface area contributed by atoms with Crippen molar-refractivity contribution in [2.24, 2.45) is 0 Å². The summed E-state index contributed by atoms with van der Waals surface area (Å²) < 4.78 is 5.30. The minimum Gasteiger partial charge on any atom is -0.497 e. The Morgan fingerprint density at radius 1 is 1.11 bits per heavy atom. The van der Waals surface area contributed by atoms with Gasteiger partial charge in [0.2, 0.25) is 0 Å². The number of aromatic nitrogens is 1. The Kier molecular flexibility index (Phi) is 4.23. The van der Waals surface area contributed by atoms with Crippen molar-refractivity contribution in [2.45, 2.75) is 12.8 Å². The van der Waals surface area contributed by atoms with Gasteiger partial charge >= 0.3 is 0 Å². The van der Waals surface area contributed by atoms with Crippen LogP contribution in [0.2, 0.25) is 0 Å². The molecule has 98 valence electrons. The standard InChI is InChI=1S/C16H15NO.ClH/c1-18-15-5-4-13-2-3-14(16(13)11-15)10-12-6-8-17-9-7-12;/h4-11H,2-3H2,1H3;1H/b14-10+;. The molecule has 2 aromatic rings. The maximum atomic E-state index is 5.30. The Morgan fingerprint density at radius 2 is 1.89 bits per heavy atom. The molecule has 0 atom stereocenters. The van der Waals surface area contributed by atoms with E-state index in [1.807, 2.05) is 30.6 Å². The quantitative estimate of drug-likeness (QED) is 0.825. The predicted molar refractivity (Wildman–Crippen MR) is 80.7 cm³/mol. The second-order valence-corrected chi connectivity index (χ2v) is 4.47. The highest BCUT2D eigenvalue weighted by atomic mass is 35.5. The van der Waals surface area contributed by atoms with Crippen molar-refractivity contribution in [3.63, 3.8) is 0 Å². The van der Waals surface area contributed by atoms with Gasteiger partial charge in [-0.2, -0.15) is 0 Å². The number of nitrogens with zero attached hydrogens (tertiary/aromatic N) is 1. The maximum Gasteiger partial charge on any atom is 0.119 e. The zero-order valence-corrected chi connectivity index (χ0v) is 11.6. The highest BCUT2D eigenvalue weighted by molar-refractivity contribution is 5.86. The summed E-state index contributed by atoms with van der Waals surface area (Å²) >= 11 is 0. The van der Waals surface area contributed by atoms with E-state index in [1.54, 1.807) is 7.11 Å². The number of hydrogen-bond donors (Lipinski definition) is 0. The molecule has 3 rings (SSSR count). The van der Waals surface area contributed by atoms with E-state index in [0.29, 0.717) is 0 Å². The van der Waals surface area contributed by atoms with Gasteiger partial charge in [0.25, 0.3) is 0 Å². The number of ether oxygens (including phenoxy) is 1. The van der Waals surface area contributed by atoms with Crippen molar-refractivity contribution in [1.29, 1.82) is 0 Å². The number of hydrogen-bond acceptors (Lipinski definition) is 2. The molecule has 1 aliphatic rings. The molecule has 1 heterocycles. The number of methoxy groups -OCH3 is 1. The first-order chi connectivity index (χ1) is 8.86. The van der Waals surface area contributed by atoms with E-state index in [2.05, 4.69) is 23.2 Å².